The van der Waals surface area contributed by atoms with Crippen LogP contribution in [0.2, 0.25) is 0 Å². The Morgan fingerprint density at radius 2 is 1.88 bits per heavy atom. The van der Waals surface area contributed by atoms with Crippen LogP contribution in [0.4, 0.5) is 0 Å². The molecule has 0 aromatic carbocycles. The van der Waals surface area contributed by atoms with E-state index in [0.717, 1.165) is 37.1 Å². The second-order valence-electron chi connectivity index (χ2n) is 6.15. The monoisotopic (exact) mass is 331 g/mol. The second kappa shape index (κ2) is 6.86. The zero-order chi connectivity index (χ0) is 17.1. The molecule has 2 heterocycles. The molecule has 1 fully saturated rings. The number of rotatable bonds is 4. The van der Waals surface area contributed by atoms with E-state index in [2.05, 4.69) is 25.3 Å². The van der Waals surface area contributed by atoms with E-state index in [4.69, 9.17) is 4.74 Å². The maximum atomic E-state index is 12.0. The minimum Gasteiger partial charge on any atom is -0.460 e. The van der Waals surface area contributed by atoms with Crippen molar-refractivity contribution in [3.8, 4) is 6.01 Å². The van der Waals surface area contributed by atoms with Crippen molar-refractivity contribution in [3.63, 3.8) is 0 Å². The van der Waals surface area contributed by atoms with Crippen molar-refractivity contribution in [1.29, 1.82) is 0 Å². The molecule has 128 valence electrons. The summed E-state index contributed by atoms with van der Waals surface area (Å²) < 4.78 is 5.87. The molecule has 1 aliphatic carbocycles. The first-order valence-electron chi connectivity index (χ1n) is 8.07. The van der Waals surface area contributed by atoms with Gasteiger partial charge in [-0.15, -0.1) is 0 Å². The molecule has 3 rings (SSSR count). The maximum Gasteiger partial charge on any atom is 0.323 e. The lowest BCUT2D eigenvalue weighted by Crippen LogP contribution is -2.40. The van der Waals surface area contributed by atoms with Crippen LogP contribution >= 0.6 is 0 Å². The molecule has 8 nitrogen and oxygen atoms in total. The molecule has 0 atom stereocenters. The number of aromatic amines is 2. The number of ether oxygens (including phenoxy) is 1. The van der Waals surface area contributed by atoms with Gasteiger partial charge in [-0.2, -0.15) is 0 Å². The second-order valence-corrected chi connectivity index (χ2v) is 6.15. The van der Waals surface area contributed by atoms with Gasteiger partial charge < -0.3 is 20.0 Å². The minimum atomic E-state index is -0.384. The summed E-state index contributed by atoms with van der Waals surface area (Å²) >= 11 is 0. The van der Waals surface area contributed by atoms with Crippen LogP contribution in [0.25, 0.3) is 0 Å². The predicted octanol–water partition coefficient (Wildman–Crippen LogP) is 1.23. The molecule has 0 spiro atoms. The van der Waals surface area contributed by atoms with Gasteiger partial charge >= 0.3 is 11.7 Å². The van der Waals surface area contributed by atoms with Crippen LogP contribution in [0.1, 0.15) is 47.6 Å². The summed E-state index contributed by atoms with van der Waals surface area (Å²) in [5.41, 5.74) is 1.64. The molecule has 24 heavy (non-hydrogen) atoms. The van der Waals surface area contributed by atoms with Crippen molar-refractivity contribution in [1.82, 2.24) is 25.3 Å². The zero-order valence-corrected chi connectivity index (χ0v) is 13.8. The predicted molar refractivity (Wildman–Crippen MR) is 87.1 cm³/mol. The van der Waals surface area contributed by atoms with Crippen LogP contribution < -0.4 is 15.7 Å². The normalized spacial score (nSPS) is 20.6. The number of amides is 1. The van der Waals surface area contributed by atoms with Gasteiger partial charge in [-0.1, -0.05) is 0 Å². The first-order valence-corrected chi connectivity index (χ1v) is 8.07. The fourth-order valence-corrected chi connectivity index (χ4v) is 2.94. The van der Waals surface area contributed by atoms with Crippen LogP contribution in [-0.2, 0) is 0 Å². The third-order valence-corrected chi connectivity index (χ3v) is 4.08. The summed E-state index contributed by atoms with van der Waals surface area (Å²) in [5.74, 6) is -0.268. The molecule has 2 aromatic heterocycles. The van der Waals surface area contributed by atoms with E-state index in [1.165, 1.54) is 6.20 Å². The van der Waals surface area contributed by atoms with Gasteiger partial charge in [0.25, 0.3) is 5.91 Å². The smallest absolute Gasteiger partial charge is 0.323 e. The molecular weight excluding hydrogens is 310 g/mol. The first-order chi connectivity index (χ1) is 11.5. The quantitative estimate of drug-likeness (QED) is 0.780. The summed E-state index contributed by atoms with van der Waals surface area (Å²) in [6, 6.07) is 2.41. The average Bonchev–Trinajstić information content (AvgIpc) is 2.95. The van der Waals surface area contributed by atoms with Crippen LogP contribution in [0.3, 0.4) is 0 Å². The van der Waals surface area contributed by atoms with E-state index < -0.39 is 0 Å². The molecule has 2 aromatic rings. The molecule has 8 heteroatoms. The highest BCUT2D eigenvalue weighted by atomic mass is 16.5. The van der Waals surface area contributed by atoms with Crippen molar-refractivity contribution >= 4 is 5.91 Å². The Morgan fingerprint density at radius 1 is 1.21 bits per heavy atom. The topological polar surface area (TPSA) is 113 Å². The number of imidazole rings is 1. The summed E-state index contributed by atoms with van der Waals surface area (Å²) in [4.78, 5) is 36.5. The largest absolute Gasteiger partial charge is 0.460 e. The number of H-pyrrole nitrogens is 2. The Labute approximate surface area is 139 Å². The molecule has 0 unspecified atom stereocenters. The third kappa shape index (κ3) is 4.01. The van der Waals surface area contributed by atoms with Gasteiger partial charge in [0.15, 0.2) is 0 Å². The number of nitrogens with zero attached hydrogens (tertiary/aromatic N) is 2. The highest BCUT2D eigenvalue weighted by molar-refractivity contribution is 5.92. The van der Waals surface area contributed by atoms with Crippen LogP contribution in [-0.4, -0.2) is 38.0 Å². The van der Waals surface area contributed by atoms with Crippen LogP contribution in [0.15, 0.2) is 17.1 Å². The highest BCUT2D eigenvalue weighted by Crippen LogP contribution is 2.22. The van der Waals surface area contributed by atoms with Gasteiger partial charge in [-0.05, 0) is 45.6 Å². The highest BCUT2D eigenvalue weighted by Gasteiger charge is 2.25. The Balaban J connectivity index is 1.50. The van der Waals surface area contributed by atoms with E-state index in [-0.39, 0.29) is 29.4 Å². The number of carbonyl (C=O) groups excluding carboxylic acids is 1. The Kier molecular flexibility index (Phi) is 4.64. The molecule has 0 aliphatic heterocycles. The molecule has 1 saturated carbocycles. The maximum absolute atomic E-state index is 12.0. The Hall–Kier alpha value is -2.64. The lowest BCUT2D eigenvalue weighted by atomic mass is 9.93. The van der Waals surface area contributed by atoms with Gasteiger partial charge in [0.1, 0.15) is 11.8 Å². The zero-order valence-electron chi connectivity index (χ0n) is 13.8. The fourth-order valence-electron chi connectivity index (χ4n) is 2.94. The summed E-state index contributed by atoms with van der Waals surface area (Å²) in [5, 5.41) is 2.94. The van der Waals surface area contributed by atoms with E-state index in [9.17, 15) is 9.59 Å². The van der Waals surface area contributed by atoms with E-state index in [0.29, 0.717) is 6.01 Å². The summed E-state index contributed by atoms with van der Waals surface area (Å²) in [6.07, 6.45) is 4.72. The number of hydrogen-bond donors (Lipinski definition) is 3. The summed E-state index contributed by atoms with van der Waals surface area (Å²) in [7, 11) is 0. The molecule has 3 N–H and O–H groups in total. The number of carbonyl (C=O) groups is 1. The number of aromatic nitrogens is 4. The van der Waals surface area contributed by atoms with Crippen molar-refractivity contribution in [3.05, 3.63) is 39.8 Å². The number of aryl methyl sites for hydroxylation is 2. The van der Waals surface area contributed by atoms with Gasteiger partial charge in [0.05, 0.1) is 0 Å². The molecule has 0 bridgehead atoms. The van der Waals surface area contributed by atoms with Gasteiger partial charge in [-0.25, -0.2) is 14.8 Å². The van der Waals surface area contributed by atoms with Crippen molar-refractivity contribution in [2.75, 3.05) is 0 Å². The standard InChI is InChI=1S/C16H21N5O3/c1-9-7-10(2)19-16(18-9)24-12-5-3-11(4-6-12)20-14(22)13-8-17-15(23)21-13/h7-8,11-12H,3-6H2,1-2H3,(H,20,22)(H2,17,21,23). The van der Waals surface area contributed by atoms with E-state index in [1.54, 1.807) is 0 Å². The third-order valence-electron chi connectivity index (χ3n) is 4.08. The summed E-state index contributed by atoms with van der Waals surface area (Å²) in [6.45, 7) is 3.83. The van der Waals surface area contributed by atoms with Crippen molar-refractivity contribution in [2.24, 2.45) is 0 Å². The molecule has 1 amide bonds. The molecular formula is C16H21N5O3. The Bertz CT molecular complexity index is 754. The fraction of sp³-hybridized carbons (Fsp3) is 0.500. The van der Waals surface area contributed by atoms with Crippen molar-refractivity contribution < 1.29 is 9.53 Å². The molecule has 0 radical (unpaired) electrons. The first kappa shape index (κ1) is 16.2. The lowest BCUT2D eigenvalue weighted by molar-refractivity contribution is 0.0880. The lowest BCUT2D eigenvalue weighted by Gasteiger charge is -2.28. The minimum absolute atomic E-state index is 0.0615. The molecule has 0 saturated heterocycles. The SMILES string of the molecule is Cc1cc(C)nc(OC2CCC(NC(=O)c3c[nH]c(=O)[nH]3)CC2)n1. The van der Waals surface area contributed by atoms with Gasteiger partial charge in [0, 0.05) is 23.6 Å². The average molecular weight is 331 g/mol. The molecule has 1 aliphatic rings. The van der Waals surface area contributed by atoms with Gasteiger partial charge in [0.2, 0.25) is 0 Å². The number of hydrogen-bond acceptors (Lipinski definition) is 5. The van der Waals surface area contributed by atoms with Gasteiger partial charge in [-0.3, -0.25) is 4.79 Å². The van der Waals surface area contributed by atoms with Crippen LogP contribution in [0, 0.1) is 13.8 Å². The number of nitrogens with one attached hydrogen (secondary N) is 3. The van der Waals surface area contributed by atoms with E-state index >= 15 is 0 Å². The Morgan fingerprint density at radius 3 is 2.46 bits per heavy atom. The van der Waals surface area contributed by atoms with Crippen LogP contribution in [0.5, 0.6) is 6.01 Å². The van der Waals surface area contributed by atoms with E-state index in [1.807, 2.05) is 19.9 Å². The van der Waals surface area contributed by atoms with Crippen molar-refractivity contribution in [2.45, 2.75) is 51.7 Å².